The van der Waals surface area contributed by atoms with Gasteiger partial charge in [0.25, 0.3) is 0 Å². The molecule has 2 rings (SSSR count). The number of nitrogens with zero attached hydrogens (tertiary/aromatic N) is 2. The van der Waals surface area contributed by atoms with E-state index in [-0.39, 0.29) is 5.54 Å². The number of ether oxygens (including phenoxy) is 3. The fourth-order valence-electron chi connectivity index (χ4n) is 3.09. The van der Waals surface area contributed by atoms with Crippen molar-refractivity contribution in [2.75, 3.05) is 60.2 Å². The van der Waals surface area contributed by atoms with Crippen molar-refractivity contribution in [1.82, 2.24) is 15.5 Å². The van der Waals surface area contributed by atoms with Crippen molar-refractivity contribution in [2.45, 2.75) is 32.4 Å². The average Bonchev–Trinajstić information content (AvgIpc) is 2.73. The lowest BCUT2D eigenvalue weighted by atomic mass is 10.0. The molecule has 1 aliphatic heterocycles. The molecule has 0 spiro atoms. The van der Waals surface area contributed by atoms with Crippen LogP contribution in [0.3, 0.4) is 0 Å². The summed E-state index contributed by atoms with van der Waals surface area (Å²) in [6, 6.07) is 7.96. The molecule has 0 unspecified atom stereocenters. The summed E-state index contributed by atoms with van der Waals surface area (Å²) in [4.78, 5) is 6.78. The fraction of sp³-hybridized carbons (Fsp3) is 0.667. The molecule has 28 heavy (non-hydrogen) atoms. The molecule has 7 heteroatoms. The van der Waals surface area contributed by atoms with Gasteiger partial charge < -0.3 is 24.8 Å². The van der Waals surface area contributed by atoms with E-state index in [2.05, 4.69) is 34.4 Å². The summed E-state index contributed by atoms with van der Waals surface area (Å²) in [6.07, 6.45) is 0.920. The van der Waals surface area contributed by atoms with Gasteiger partial charge >= 0.3 is 0 Å². The smallest absolute Gasteiger partial charge is 0.191 e. The standard InChI is InChI=1S/C21H36N4O3/c1-21(2,25-11-14-27-15-12-25)17-24-20(22-3)23-10-5-13-28-16-18-6-8-19(26-4)9-7-18/h6-9H,5,10-17H2,1-4H3,(H2,22,23,24). The number of benzene rings is 1. The molecular weight excluding hydrogens is 356 g/mol. The van der Waals surface area contributed by atoms with Gasteiger partial charge in [-0.3, -0.25) is 9.89 Å². The summed E-state index contributed by atoms with van der Waals surface area (Å²) in [5.74, 6) is 1.69. The number of guanidine groups is 1. The molecule has 1 heterocycles. The highest BCUT2D eigenvalue weighted by atomic mass is 16.5. The molecule has 0 radical (unpaired) electrons. The zero-order chi connectivity index (χ0) is 20.2. The summed E-state index contributed by atoms with van der Waals surface area (Å²) in [5.41, 5.74) is 1.21. The lowest BCUT2D eigenvalue weighted by molar-refractivity contribution is -0.00834. The molecule has 0 aliphatic carbocycles. The van der Waals surface area contributed by atoms with Crippen LogP contribution >= 0.6 is 0 Å². The highest BCUT2D eigenvalue weighted by Gasteiger charge is 2.28. The number of aliphatic imine (C=N–C) groups is 1. The SMILES string of the molecule is CN=C(NCCCOCc1ccc(OC)cc1)NCC(C)(C)N1CCOCC1. The van der Waals surface area contributed by atoms with Gasteiger partial charge in [-0.1, -0.05) is 12.1 Å². The zero-order valence-electron chi connectivity index (χ0n) is 17.8. The topological polar surface area (TPSA) is 67.4 Å². The predicted molar refractivity (Wildman–Crippen MR) is 113 cm³/mol. The van der Waals surface area contributed by atoms with Crippen LogP contribution in [0.5, 0.6) is 5.75 Å². The van der Waals surface area contributed by atoms with Crippen LogP contribution in [0.4, 0.5) is 0 Å². The number of hydrogen-bond donors (Lipinski definition) is 2. The van der Waals surface area contributed by atoms with Gasteiger partial charge in [-0.05, 0) is 38.0 Å². The molecule has 1 aliphatic rings. The van der Waals surface area contributed by atoms with Gasteiger partial charge in [0.15, 0.2) is 5.96 Å². The number of nitrogens with one attached hydrogen (secondary N) is 2. The minimum atomic E-state index is 0.0584. The second-order valence-corrected chi connectivity index (χ2v) is 7.52. The first-order valence-electron chi connectivity index (χ1n) is 10.0. The average molecular weight is 393 g/mol. The lowest BCUT2D eigenvalue weighted by Crippen LogP contribution is -2.56. The first-order chi connectivity index (χ1) is 13.5. The quantitative estimate of drug-likeness (QED) is 0.360. The van der Waals surface area contributed by atoms with E-state index >= 15 is 0 Å². The molecule has 1 aromatic carbocycles. The van der Waals surface area contributed by atoms with Gasteiger partial charge in [0.2, 0.25) is 0 Å². The van der Waals surface area contributed by atoms with Crippen molar-refractivity contribution < 1.29 is 14.2 Å². The van der Waals surface area contributed by atoms with Crippen LogP contribution in [0.15, 0.2) is 29.3 Å². The number of hydrogen-bond acceptors (Lipinski definition) is 5. The van der Waals surface area contributed by atoms with E-state index in [1.807, 2.05) is 24.3 Å². The van der Waals surface area contributed by atoms with E-state index in [0.29, 0.717) is 13.2 Å². The molecule has 1 saturated heterocycles. The molecule has 0 saturated carbocycles. The zero-order valence-corrected chi connectivity index (χ0v) is 17.8. The highest BCUT2D eigenvalue weighted by molar-refractivity contribution is 5.79. The van der Waals surface area contributed by atoms with Crippen LogP contribution in [0, 0.1) is 0 Å². The Balaban J connectivity index is 1.58. The van der Waals surface area contributed by atoms with Crippen LogP contribution in [0.25, 0.3) is 0 Å². The minimum absolute atomic E-state index is 0.0584. The van der Waals surface area contributed by atoms with Crippen LogP contribution in [0.1, 0.15) is 25.8 Å². The normalized spacial score (nSPS) is 16.1. The first kappa shape index (κ1) is 22.5. The Morgan fingerprint density at radius 2 is 1.89 bits per heavy atom. The molecule has 1 aromatic rings. The van der Waals surface area contributed by atoms with Crippen LogP contribution in [-0.2, 0) is 16.1 Å². The Hall–Kier alpha value is -1.83. The Bertz CT molecular complexity index is 584. The molecular formula is C21H36N4O3. The van der Waals surface area contributed by atoms with E-state index in [9.17, 15) is 0 Å². The van der Waals surface area contributed by atoms with Crippen molar-refractivity contribution in [3.63, 3.8) is 0 Å². The van der Waals surface area contributed by atoms with Crippen LogP contribution in [-0.4, -0.2) is 76.6 Å². The summed E-state index contributed by atoms with van der Waals surface area (Å²) < 4.78 is 16.4. The van der Waals surface area contributed by atoms with Crippen molar-refractivity contribution in [1.29, 1.82) is 0 Å². The van der Waals surface area contributed by atoms with Gasteiger partial charge in [0, 0.05) is 45.4 Å². The van der Waals surface area contributed by atoms with Gasteiger partial charge in [0.05, 0.1) is 26.9 Å². The van der Waals surface area contributed by atoms with E-state index in [1.165, 1.54) is 0 Å². The summed E-state index contributed by atoms with van der Waals surface area (Å²) in [7, 11) is 3.47. The lowest BCUT2D eigenvalue weighted by Gasteiger charge is -2.41. The molecule has 0 bridgehead atoms. The van der Waals surface area contributed by atoms with E-state index < -0.39 is 0 Å². The summed E-state index contributed by atoms with van der Waals surface area (Å²) in [6.45, 7) is 11.1. The third-order valence-electron chi connectivity index (χ3n) is 4.96. The number of methoxy groups -OCH3 is 1. The Morgan fingerprint density at radius 1 is 1.18 bits per heavy atom. The van der Waals surface area contributed by atoms with Crippen molar-refractivity contribution >= 4 is 5.96 Å². The molecule has 1 fully saturated rings. The third-order valence-corrected chi connectivity index (χ3v) is 4.96. The second-order valence-electron chi connectivity index (χ2n) is 7.52. The largest absolute Gasteiger partial charge is 0.497 e. The predicted octanol–water partition coefficient (Wildman–Crippen LogP) is 1.88. The number of rotatable bonds is 10. The van der Waals surface area contributed by atoms with Gasteiger partial charge in [0.1, 0.15) is 5.75 Å². The molecule has 0 aromatic heterocycles. The fourth-order valence-corrected chi connectivity index (χ4v) is 3.09. The molecule has 158 valence electrons. The minimum Gasteiger partial charge on any atom is -0.497 e. The van der Waals surface area contributed by atoms with E-state index in [1.54, 1.807) is 14.2 Å². The van der Waals surface area contributed by atoms with Crippen molar-refractivity contribution in [3.8, 4) is 5.75 Å². The van der Waals surface area contributed by atoms with Crippen molar-refractivity contribution in [3.05, 3.63) is 29.8 Å². The van der Waals surface area contributed by atoms with Crippen LogP contribution in [0.2, 0.25) is 0 Å². The molecule has 7 nitrogen and oxygen atoms in total. The van der Waals surface area contributed by atoms with Gasteiger partial charge in [-0.25, -0.2) is 0 Å². The highest BCUT2D eigenvalue weighted by Crippen LogP contribution is 2.15. The van der Waals surface area contributed by atoms with Crippen LogP contribution < -0.4 is 15.4 Å². The third kappa shape index (κ3) is 7.66. The van der Waals surface area contributed by atoms with E-state index in [0.717, 1.165) is 63.1 Å². The summed E-state index contributed by atoms with van der Waals surface area (Å²) >= 11 is 0. The maximum Gasteiger partial charge on any atom is 0.191 e. The second kappa shape index (κ2) is 11.9. The van der Waals surface area contributed by atoms with Gasteiger partial charge in [-0.15, -0.1) is 0 Å². The summed E-state index contributed by atoms with van der Waals surface area (Å²) in [5, 5.41) is 6.80. The Kier molecular flexibility index (Phi) is 9.54. The number of morpholine rings is 1. The Labute approximate surface area is 169 Å². The maximum atomic E-state index is 5.74. The monoisotopic (exact) mass is 392 g/mol. The molecule has 2 N–H and O–H groups in total. The molecule has 0 atom stereocenters. The first-order valence-corrected chi connectivity index (χ1v) is 10.0. The van der Waals surface area contributed by atoms with E-state index in [4.69, 9.17) is 14.2 Å². The maximum absolute atomic E-state index is 5.74. The van der Waals surface area contributed by atoms with Crippen molar-refractivity contribution in [2.24, 2.45) is 4.99 Å². The van der Waals surface area contributed by atoms with Gasteiger partial charge in [-0.2, -0.15) is 0 Å². The molecule has 0 amide bonds. The Morgan fingerprint density at radius 3 is 2.54 bits per heavy atom.